The number of carbonyl (C=O) groups is 1. The molecule has 0 aromatic heterocycles. The minimum absolute atomic E-state index is 0.0363. The van der Waals surface area contributed by atoms with E-state index >= 15 is 0 Å². The van der Waals surface area contributed by atoms with Crippen molar-refractivity contribution >= 4 is 5.91 Å². The van der Waals surface area contributed by atoms with E-state index in [9.17, 15) is 4.79 Å². The minimum Gasteiger partial charge on any atom is -0.348 e. The Balaban J connectivity index is 2.01. The number of carbonyl (C=O) groups excluding carboxylic acids is 1. The van der Waals surface area contributed by atoms with Crippen LogP contribution >= 0.6 is 0 Å². The molecule has 1 saturated heterocycles. The Morgan fingerprint density at radius 1 is 1.47 bits per heavy atom. The van der Waals surface area contributed by atoms with Crippen LogP contribution in [0.5, 0.6) is 0 Å². The molecule has 2 rings (SSSR count). The first kappa shape index (κ1) is 12.1. The molecule has 2 N–H and O–H groups in total. The summed E-state index contributed by atoms with van der Waals surface area (Å²) in [5, 5.41) is 6.50. The molecule has 17 heavy (non-hydrogen) atoms. The van der Waals surface area contributed by atoms with Crippen LogP contribution in [0.1, 0.15) is 35.7 Å². The number of rotatable bonds is 2. The lowest BCUT2D eigenvalue weighted by molar-refractivity contribution is 0.0920. The zero-order valence-corrected chi connectivity index (χ0v) is 10.5. The summed E-state index contributed by atoms with van der Waals surface area (Å²) in [4.78, 5) is 12.1. The average Bonchev–Trinajstić information content (AvgIpc) is 2.32. The molecule has 0 aliphatic carbocycles. The minimum atomic E-state index is 0.0363. The number of benzene rings is 1. The summed E-state index contributed by atoms with van der Waals surface area (Å²) in [5.41, 5.74) is 1.87. The lowest BCUT2D eigenvalue weighted by atomic mass is 9.99. The van der Waals surface area contributed by atoms with Gasteiger partial charge in [0.1, 0.15) is 0 Å². The topological polar surface area (TPSA) is 41.1 Å². The maximum Gasteiger partial charge on any atom is 0.251 e. The zero-order valence-electron chi connectivity index (χ0n) is 10.5. The number of hydrogen-bond acceptors (Lipinski definition) is 2. The second-order valence-corrected chi connectivity index (χ2v) is 4.83. The largest absolute Gasteiger partial charge is 0.348 e. The second kappa shape index (κ2) is 5.32. The number of aryl methyl sites for hydroxylation is 1. The highest BCUT2D eigenvalue weighted by atomic mass is 16.1. The van der Waals surface area contributed by atoms with Crippen LogP contribution in [0.25, 0.3) is 0 Å². The van der Waals surface area contributed by atoms with Gasteiger partial charge < -0.3 is 10.6 Å². The summed E-state index contributed by atoms with van der Waals surface area (Å²) >= 11 is 0. The fraction of sp³-hybridized carbons (Fsp3) is 0.500. The van der Waals surface area contributed by atoms with E-state index in [1.165, 1.54) is 0 Å². The predicted molar refractivity (Wildman–Crippen MR) is 69.1 cm³/mol. The molecule has 1 aromatic carbocycles. The first-order chi connectivity index (χ1) is 8.16. The van der Waals surface area contributed by atoms with Crippen molar-refractivity contribution in [2.75, 3.05) is 6.54 Å². The van der Waals surface area contributed by atoms with Crippen LogP contribution in [0, 0.1) is 6.92 Å². The molecule has 0 bridgehead atoms. The van der Waals surface area contributed by atoms with Crippen LogP contribution in [-0.4, -0.2) is 24.5 Å². The Morgan fingerprint density at radius 2 is 2.29 bits per heavy atom. The average molecular weight is 232 g/mol. The van der Waals surface area contributed by atoms with Crippen molar-refractivity contribution in [3.63, 3.8) is 0 Å². The SMILES string of the molecule is Cc1cccc(C(=O)N[C@H]2CCCN[C@@H]2C)c1. The summed E-state index contributed by atoms with van der Waals surface area (Å²) in [6, 6.07) is 8.32. The van der Waals surface area contributed by atoms with Crippen molar-refractivity contribution in [1.82, 2.24) is 10.6 Å². The Labute approximate surface area is 103 Å². The van der Waals surface area contributed by atoms with Crippen LogP contribution in [0.2, 0.25) is 0 Å². The van der Waals surface area contributed by atoms with E-state index in [1.807, 2.05) is 31.2 Å². The van der Waals surface area contributed by atoms with Gasteiger partial charge in [-0.25, -0.2) is 0 Å². The van der Waals surface area contributed by atoms with Gasteiger partial charge in [0.2, 0.25) is 0 Å². The van der Waals surface area contributed by atoms with Gasteiger partial charge in [-0.3, -0.25) is 4.79 Å². The quantitative estimate of drug-likeness (QED) is 0.817. The summed E-state index contributed by atoms with van der Waals surface area (Å²) < 4.78 is 0. The maximum absolute atomic E-state index is 12.1. The highest BCUT2D eigenvalue weighted by Gasteiger charge is 2.22. The molecule has 0 spiro atoms. The van der Waals surface area contributed by atoms with Crippen LogP contribution < -0.4 is 10.6 Å². The van der Waals surface area contributed by atoms with Crippen LogP contribution in [0.3, 0.4) is 0 Å². The smallest absolute Gasteiger partial charge is 0.251 e. The molecule has 1 aromatic rings. The Bertz CT molecular complexity index is 403. The van der Waals surface area contributed by atoms with Gasteiger partial charge in [-0.15, -0.1) is 0 Å². The van der Waals surface area contributed by atoms with E-state index in [-0.39, 0.29) is 11.9 Å². The van der Waals surface area contributed by atoms with Gasteiger partial charge in [-0.2, -0.15) is 0 Å². The Hall–Kier alpha value is -1.35. The molecule has 3 heteroatoms. The highest BCUT2D eigenvalue weighted by molar-refractivity contribution is 5.94. The monoisotopic (exact) mass is 232 g/mol. The Kier molecular flexibility index (Phi) is 3.79. The first-order valence-electron chi connectivity index (χ1n) is 6.28. The third-order valence-electron chi connectivity index (χ3n) is 3.36. The maximum atomic E-state index is 12.1. The number of nitrogens with one attached hydrogen (secondary N) is 2. The molecular weight excluding hydrogens is 212 g/mol. The molecule has 1 aliphatic heterocycles. The third kappa shape index (κ3) is 3.07. The van der Waals surface area contributed by atoms with Gasteiger partial charge in [-0.1, -0.05) is 17.7 Å². The van der Waals surface area contributed by atoms with Crippen molar-refractivity contribution in [3.8, 4) is 0 Å². The van der Waals surface area contributed by atoms with E-state index in [4.69, 9.17) is 0 Å². The molecule has 2 atom stereocenters. The molecule has 0 unspecified atom stereocenters. The summed E-state index contributed by atoms with van der Waals surface area (Å²) in [6.07, 6.45) is 2.19. The van der Waals surface area contributed by atoms with E-state index in [2.05, 4.69) is 17.6 Å². The third-order valence-corrected chi connectivity index (χ3v) is 3.36. The van der Waals surface area contributed by atoms with Gasteiger partial charge in [0.25, 0.3) is 5.91 Å². The van der Waals surface area contributed by atoms with Gasteiger partial charge >= 0.3 is 0 Å². The van der Waals surface area contributed by atoms with Crippen molar-refractivity contribution in [2.45, 2.75) is 38.8 Å². The molecule has 0 radical (unpaired) electrons. The van der Waals surface area contributed by atoms with Crippen molar-refractivity contribution in [3.05, 3.63) is 35.4 Å². The molecule has 1 amide bonds. The number of hydrogen-bond donors (Lipinski definition) is 2. The molecular formula is C14H20N2O. The van der Waals surface area contributed by atoms with Crippen LogP contribution in [0.4, 0.5) is 0 Å². The Morgan fingerprint density at radius 3 is 3.00 bits per heavy atom. The van der Waals surface area contributed by atoms with Gasteiger partial charge in [0, 0.05) is 17.6 Å². The zero-order chi connectivity index (χ0) is 12.3. The predicted octanol–water partition coefficient (Wildman–Crippen LogP) is 1.87. The van der Waals surface area contributed by atoms with E-state index in [0.717, 1.165) is 30.5 Å². The molecule has 1 aliphatic rings. The van der Waals surface area contributed by atoms with Crippen molar-refractivity contribution in [2.24, 2.45) is 0 Å². The molecule has 0 saturated carbocycles. The molecule has 1 fully saturated rings. The molecule has 1 heterocycles. The lowest BCUT2D eigenvalue weighted by Gasteiger charge is -2.30. The fourth-order valence-corrected chi connectivity index (χ4v) is 2.28. The van der Waals surface area contributed by atoms with Crippen LogP contribution in [-0.2, 0) is 0 Å². The standard InChI is InChI=1S/C14H20N2O/c1-10-5-3-6-12(9-10)14(17)16-13-7-4-8-15-11(13)2/h3,5-6,9,11,13,15H,4,7-8H2,1-2H3,(H,16,17)/t11-,13+/m1/s1. The van der Waals surface area contributed by atoms with E-state index in [0.29, 0.717) is 6.04 Å². The van der Waals surface area contributed by atoms with Gasteiger partial charge in [-0.05, 0) is 45.4 Å². The van der Waals surface area contributed by atoms with Crippen LogP contribution in [0.15, 0.2) is 24.3 Å². The normalized spacial score (nSPS) is 24.4. The van der Waals surface area contributed by atoms with Crippen molar-refractivity contribution in [1.29, 1.82) is 0 Å². The second-order valence-electron chi connectivity index (χ2n) is 4.83. The lowest BCUT2D eigenvalue weighted by Crippen LogP contribution is -2.51. The summed E-state index contributed by atoms with van der Waals surface area (Å²) in [7, 11) is 0. The summed E-state index contributed by atoms with van der Waals surface area (Å²) in [5.74, 6) is 0.0363. The summed E-state index contributed by atoms with van der Waals surface area (Å²) in [6.45, 7) is 5.18. The highest BCUT2D eigenvalue weighted by Crippen LogP contribution is 2.10. The van der Waals surface area contributed by atoms with E-state index in [1.54, 1.807) is 0 Å². The molecule has 3 nitrogen and oxygen atoms in total. The van der Waals surface area contributed by atoms with Gasteiger partial charge in [0.05, 0.1) is 0 Å². The van der Waals surface area contributed by atoms with Crippen molar-refractivity contribution < 1.29 is 4.79 Å². The van der Waals surface area contributed by atoms with E-state index < -0.39 is 0 Å². The first-order valence-corrected chi connectivity index (χ1v) is 6.28. The molecule has 92 valence electrons. The fourth-order valence-electron chi connectivity index (χ4n) is 2.28. The number of piperidine rings is 1. The number of amides is 1. The van der Waals surface area contributed by atoms with Gasteiger partial charge in [0.15, 0.2) is 0 Å².